The zero-order chi connectivity index (χ0) is 15.2. The Labute approximate surface area is 128 Å². The van der Waals surface area contributed by atoms with Gasteiger partial charge >= 0.3 is 0 Å². The van der Waals surface area contributed by atoms with E-state index >= 15 is 0 Å². The maximum absolute atomic E-state index is 12.9. The van der Waals surface area contributed by atoms with Crippen LogP contribution in [0.1, 0.15) is 13.8 Å². The molecular formula is C14H19N3O2S2. The average Bonchev–Trinajstić information content (AvgIpc) is 2.81. The van der Waals surface area contributed by atoms with Gasteiger partial charge in [0.15, 0.2) is 0 Å². The normalized spacial score (nSPS) is 24.5. The van der Waals surface area contributed by atoms with E-state index in [1.54, 1.807) is 28.7 Å². The predicted molar refractivity (Wildman–Crippen MR) is 88.0 cm³/mol. The van der Waals surface area contributed by atoms with E-state index in [1.165, 1.54) is 0 Å². The number of nitrogens with zero attached hydrogens (tertiary/aromatic N) is 1. The number of nitrogens with two attached hydrogens (primary N) is 1. The number of nitrogen functional groups attached to an aromatic ring is 1. The highest BCUT2D eigenvalue weighted by atomic mass is 32.2. The Hall–Kier alpha value is -1.18. The number of hydrogen-bond acceptors (Lipinski definition) is 4. The zero-order valence-corrected chi connectivity index (χ0v) is 13.7. The van der Waals surface area contributed by atoms with Crippen molar-refractivity contribution in [2.75, 3.05) is 18.8 Å². The highest BCUT2D eigenvalue weighted by Crippen LogP contribution is 2.32. The zero-order valence-electron chi connectivity index (χ0n) is 12.0. The maximum Gasteiger partial charge on any atom is 0.245 e. The lowest BCUT2D eigenvalue weighted by molar-refractivity contribution is 0.405. The summed E-state index contributed by atoms with van der Waals surface area (Å²) in [6.45, 7) is 5.25. The van der Waals surface area contributed by atoms with Crippen LogP contribution in [-0.2, 0) is 10.0 Å². The molecule has 0 saturated carbocycles. The topological polar surface area (TPSA) is 79.2 Å². The highest BCUT2D eigenvalue weighted by Gasteiger charge is 2.33. The summed E-state index contributed by atoms with van der Waals surface area (Å²) in [5, 5.41) is 1.32. The molecule has 1 aromatic heterocycles. The van der Waals surface area contributed by atoms with Crippen molar-refractivity contribution in [2.24, 2.45) is 0 Å². The molecule has 2 unspecified atom stereocenters. The average molecular weight is 325 g/mol. The van der Waals surface area contributed by atoms with Crippen LogP contribution in [0.15, 0.2) is 29.3 Å². The number of aromatic nitrogens is 1. The van der Waals surface area contributed by atoms with Crippen LogP contribution >= 0.6 is 11.8 Å². The van der Waals surface area contributed by atoms with Crippen LogP contribution in [0.4, 0.5) is 5.69 Å². The summed E-state index contributed by atoms with van der Waals surface area (Å²) in [6.07, 6.45) is 1.57. The van der Waals surface area contributed by atoms with Crippen LogP contribution in [0.5, 0.6) is 0 Å². The van der Waals surface area contributed by atoms with E-state index in [0.29, 0.717) is 39.6 Å². The second-order valence-electron chi connectivity index (χ2n) is 5.54. The molecule has 1 saturated heterocycles. The Balaban J connectivity index is 2.04. The van der Waals surface area contributed by atoms with Crippen molar-refractivity contribution in [1.82, 2.24) is 9.29 Å². The Morgan fingerprint density at radius 3 is 2.62 bits per heavy atom. The minimum absolute atomic E-state index is 0.310. The summed E-state index contributed by atoms with van der Waals surface area (Å²) < 4.78 is 27.4. The Morgan fingerprint density at radius 2 is 1.95 bits per heavy atom. The molecule has 3 N–H and O–H groups in total. The molecule has 2 aromatic rings. The summed E-state index contributed by atoms with van der Waals surface area (Å²) in [5.74, 6) is 0. The highest BCUT2D eigenvalue weighted by molar-refractivity contribution is 8.00. The van der Waals surface area contributed by atoms with E-state index in [9.17, 15) is 8.42 Å². The number of H-pyrrole nitrogens is 1. The number of thioether (sulfide) groups is 1. The first-order valence-corrected chi connectivity index (χ1v) is 9.28. The van der Waals surface area contributed by atoms with Gasteiger partial charge in [0, 0.05) is 46.4 Å². The minimum atomic E-state index is -3.48. The van der Waals surface area contributed by atoms with Crippen LogP contribution in [-0.4, -0.2) is 41.3 Å². The molecule has 2 atom stereocenters. The maximum atomic E-state index is 12.9. The van der Waals surface area contributed by atoms with Crippen LogP contribution in [0.2, 0.25) is 0 Å². The van der Waals surface area contributed by atoms with Gasteiger partial charge < -0.3 is 10.7 Å². The molecule has 0 amide bonds. The molecule has 1 aliphatic rings. The number of aromatic amines is 1. The van der Waals surface area contributed by atoms with Gasteiger partial charge in [-0.3, -0.25) is 0 Å². The summed E-state index contributed by atoms with van der Waals surface area (Å²) in [4.78, 5) is 3.34. The fourth-order valence-electron chi connectivity index (χ4n) is 2.80. The van der Waals surface area contributed by atoms with Gasteiger partial charge in [-0.1, -0.05) is 13.8 Å². The molecule has 0 aliphatic carbocycles. The molecule has 21 heavy (non-hydrogen) atoms. The number of hydrogen-bond donors (Lipinski definition) is 2. The lowest BCUT2D eigenvalue weighted by atomic mass is 10.2. The molecular weight excluding hydrogens is 306 g/mol. The summed E-state index contributed by atoms with van der Waals surface area (Å²) in [6, 6.07) is 5.25. The van der Waals surface area contributed by atoms with E-state index in [2.05, 4.69) is 18.8 Å². The molecule has 5 nitrogen and oxygen atoms in total. The first-order valence-electron chi connectivity index (χ1n) is 6.90. The number of anilines is 1. The van der Waals surface area contributed by atoms with Crippen LogP contribution < -0.4 is 5.73 Å². The molecule has 3 rings (SSSR count). The van der Waals surface area contributed by atoms with Crippen molar-refractivity contribution in [1.29, 1.82) is 0 Å². The van der Waals surface area contributed by atoms with Crippen LogP contribution in [0.25, 0.3) is 10.9 Å². The Bertz CT molecular complexity index is 760. The first-order chi connectivity index (χ1) is 9.88. The van der Waals surface area contributed by atoms with Gasteiger partial charge in [-0.25, -0.2) is 8.42 Å². The molecule has 1 fully saturated rings. The quantitative estimate of drug-likeness (QED) is 0.830. The minimum Gasteiger partial charge on any atom is -0.399 e. The standard InChI is InChI=1S/C14H19N3O2S2/c1-9-7-17(8-10(2)20-9)21(18,19)14-6-16-13-5-11(15)3-4-12(13)14/h3-6,9-10,16H,7-8,15H2,1-2H3. The third-order valence-corrected chi connectivity index (χ3v) is 6.77. The molecule has 0 radical (unpaired) electrons. The molecule has 0 spiro atoms. The number of fused-ring (bicyclic) bond motifs is 1. The third kappa shape index (κ3) is 2.65. The van der Waals surface area contributed by atoms with Crippen molar-refractivity contribution in [2.45, 2.75) is 29.2 Å². The van der Waals surface area contributed by atoms with Crippen molar-refractivity contribution in [3.8, 4) is 0 Å². The van der Waals surface area contributed by atoms with E-state index in [1.807, 2.05) is 11.8 Å². The van der Waals surface area contributed by atoms with Gasteiger partial charge in [-0.2, -0.15) is 16.1 Å². The number of nitrogens with one attached hydrogen (secondary N) is 1. The van der Waals surface area contributed by atoms with E-state index in [4.69, 9.17) is 5.73 Å². The summed E-state index contributed by atoms with van der Waals surface area (Å²) in [5.41, 5.74) is 7.11. The second-order valence-corrected chi connectivity index (χ2v) is 9.33. The summed E-state index contributed by atoms with van der Waals surface area (Å²) in [7, 11) is -3.48. The van der Waals surface area contributed by atoms with Crippen LogP contribution in [0.3, 0.4) is 0 Å². The van der Waals surface area contributed by atoms with Crippen molar-refractivity contribution < 1.29 is 8.42 Å². The van der Waals surface area contributed by atoms with Gasteiger partial charge in [0.2, 0.25) is 10.0 Å². The SMILES string of the molecule is CC1CN(S(=O)(=O)c2c[nH]c3cc(N)ccc23)CC(C)S1. The molecule has 1 aromatic carbocycles. The second kappa shape index (κ2) is 5.23. The van der Waals surface area contributed by atoms with Crippen molar-refractivity contribution in [3.05, 3.63) is 24.4 Å². The third-order valence-electron chi connectivity index (χ3n) is 3.67. The largest absolute Gasteiger partial charge is 0.399 e. The van der Waals surface area contributed by atoms with Gasteiger partial charge in [0.25, 0.3) is 0 Å². The Kier molecular flexibility index (Phi) is 3.67. The monoisotopic (exact) mass is 325 g/mol. The van der Waals surface area contributed by atoms with Crippen LogP contribution in [0, 0.1) is 0 Å². The van der Waals surface area contributed by atoms with E-state index in [-0.39, 0.29) is 0 Å². The molecule has 2 heterocycles. The van der Waals surface area contributed by atoms with Crippen molar-refractivity contribution >= 4 is 38.4 Å². The number of sulfonamides is 1. The van der Waals surface area contributed by atoms with Gasteiger partial charge in [0.05, 0.1) is 0 Å². The fraction of sp³-hybridized carbons (Fsp3) is 0.429. The molecule has 1 aliphatic heterocycles. The fourth-order valence-corrected chi connectivity index (χ4v) is 6.09. The molecule has 0 bridgehead atoms. The van der Waals surface area contributed by atoms with Gasteiger partial charge in [-0.05, 0) is 18.2 Å². The van der Waals surface area contributed by atoms with E-state index < -0.39 is 10.0 Å². The lowest BCUT2D eigenvalue weighted by Crippen LogP contribution is -2.43. The first kappa shape index (κ1) is 14.7. The molecule has 114 valence electrons. The number of benzene rings is 1. The van der Waals surface area contributed by atoms with E-state index in [0.717, 1.165) is 5.52 Å². The molecule has 7 heteroatoms. The van der Waals surface area contributed by atoms with Crippen molar-refractivity contribution in [3.63, 3.8) is 0 Å². The van der Waals surface area contributed by atoms with Gasteiger partial charge in [-0.15, -0.1) is 0 Å². The van der Waals surface area contributed by atoms with Gasteiger partial charge in [0.1, 0.15) is 4.90 Å². The smallest absolute Gasteiger partial charge is 0.245 e. The summed E-state index contributed by atoms with van der Waals surface area (Å²) >= 11 is 1.83. The Morgan fingerprint density at radius 1 is 1.29 bits per heavy atom. The lowest BCUT2D eigenvalue weighted by Gasteiger charge is -2.33. The predicted octanol–water partition coefficient (Wildman–Crippen LogP) is 2.26. The number of rotatable bonds is 2.